The number of nitrogens with zero attached hydrogens (tertiary/aromatic N) is 2. The highest BCUT2D eigenvalue weighted by atomic mass is 35.5. The lowest BCUT2D eigenvalue weighted by molar-refractivity contribution is 0.153. The first-order valence-electron chi connectivity index (χ1n) is 6.83. The summed E-state index contributed by atoms with van der Waals surface area (Å²) in [5.74, 6) is 1.11. The molecular weight excluding hydrogens is 262 g/mol. The topological polar surface area (TPSA) is 48.4 Å². The largest absolute Gasteiger partial charge is 0.506 e. The van der Waals surface area contributed by atoms with E-state index in [4.69, 9.17) is 0 Å². The summed E-state index contributed by atoms with van der Waals surface area (Å²) < 4.78 is 0. The molecule has 3 heterocycles. The van der Waals surface area contributed by atoms with Crippen molar-refractivity contribution in [1.29, 1.82) is 0 Å². The van der Waals surface area contributed by atoms with Crippen LogP contribution in [0.5, 0.6) is 5.75 Å². The summed E-state index contributed by atoms with van der Waals surface area (Å²) in [4.78, 5) is 6.87. The molecule has 1 aromatic rings. The Kier molecular flexibility index (Phi) is 4.66. The van der Waals surface area contributed by atoms with Gasteiger partial charge in [-0.1, -0.05) is 0 Å². The van der Waals surface area contributed by atoms with Crippen LogP contribution in [0.2, 0.25) is 0 Å². The summed E-state index contributed by atoms with van der Waals surface area (Å²) in [6, 6.07) is 4.33. The van der Waals surface area contributed by atoms with E-state index in [9.17, 15) is 5.11 Å². The molecule has 0 amide bonds. The number of fused-ring (bicyclic) bond motifs is 1. The van der Waals surface area contributed by atoms with Crippen molar-refractivity contribution in [3.63, 3.8) is 0 Å². The maximum absolute atomic E-state index is 9.85. The standard InChI is InChI=1S/C14H21N3O.ClH/c1-10-2-3-14(18)13(16-10)9-17-7-5-12-11(8-17)4-6-15-12;/h2-3,11-12,15,18H,4-9H2,1H3;1H. The molecule has 1 aromatic heterocycles. The van der Waals surface area contributed by atoms with Crippen LogP contribution in [0.1, 0.15) is 24.2 Å². The number of pyridine rings is 1. The van der Waals surface area contributed by atoms with Gasteiger partial charge in [0.2, 0.25) is 0 Å². The van der Waals surface area contributed by atoms with Gasteiger partial charge in [0.05, 0.1) is 5.69 Å². The second kappa shape index (κ2) is 6.07. The lowest BCUT2D eigenvalue weighted by Gasteiger charge is -2.34. The van der Waals surface area contributed by atoms with Gasteiger partial charge in [0.25, 0.3) is 0 Å². The fraction of sp³-hybridized carbons (Fsp3) is 0.643. The molecule has 2 unspecified atom stereocenters. The summed E-state index contributed by atoms with van der Waals surface area (Å²) in [5, 5.41) is 13.4. The molecule has 0 saturated carbocycles. The summed E-state index contributed by atoms with van der Waals surface area (Å²) in [5.41, 5.74) is 1.79. The van der Waals surface area contributed by atoms with Crippen molar-refractivity contribution in [2.24, 2.45) is 5.92 Å². The third kappa shape index (κ3) is 3.19. The average molecular weight is 284 g/mol. The number of likely N-dealkylation sites (tertiary alicyclic amines) is 1. The van der Waals surface area contributed by atoms with Crippen molar-refractivity contribution >= 4 is 12.4 Å². The highest BCUT2D eigenvalue weighted by Gasteiger charge is 2.32. The maximum Gasteiger partial charge on any atom is 0.138 e. The zero-order valence-corrected chi connectivity index (χ0v) is 12.1. The summed E-state index contributed by atoms with van der Waals surface area (Å²) in [7, 11) is 0. The van der Waals surface area contributed by atoms with Crippen molar-refractivity contribution in [1.82, 2.24) is 15.2 Å². The number of nitrogens with one attached hydrogen (secondary N) is 1. The van der Waals surface area contributed by atoms with Crippen LogP contribution in [0, 0.1) is 12.8 Å². The van der Waals surface area contributed by atoms with E-state index in [-0.39, 0.29) is 12.4 Å². The van der Waals surface area contributed by atoms with Gasteiger partial charge < -0.3 is 10.4 Å². The molecule has 2 fully saturated rings. The molecule has 0 aromatic carbocycles. The van der Waals surface area contributed by atoms with Gasteiger partial charge in [0.1, 0.15) is 5.75 Å². The van der Waals surface area contributed by atoms with Gasteiger partial charge in [0.15, 0.2) is 0 Å². The molecule has 5 heteroatoms. The molecule has 0 bridgehead atoms. The Bertz CT molecular complexity index is 441. The predicted octanol–water partition coefficient (Wildman–Crippen LogP) is 1.70. The number of aromatic hydroxyl groups is 1. The minimum Gasteiger partial charge on any atom is -0.506 e. The van der Waals surface area contributed by atoms with Crippen molar-refractivity contribution < 1.29 is 5.11 Å². The van der Waals surface area contributed by atoms with Gasteiger partial charge in [-0.2, -0.15) is 0 Å². The Morgan fingerprint density at radius 3 is 3.11 bits per heavy atom. The molecule has 2 saturated heterocycles. The molecule has 3 rings (SSSR count). The second-order valence-electron chi connectivity index (χ2n) is 5.55. The van der Waals surface area contributed by atoms with Crippen LogP contribution in [0.3, 0.4) is 0 Å². The van der Waals surface area contributed by atoms with E-state index in [1.54, 1.807) is 6.07 Å². The van der Waals surface area contributed by atoms with E-state index in [0.29, 0.717) is 5.75 Å². The zero-order valence-electron chi connectivity index (χ0n) is 11.3. The summed E-state index contributed by atoms with van der Waals surface area (Å²) in [6.07, 6.45) is 2.51. The number of aryl methyl sites for hydroxylation is 1. The number of piperidine rings is 1. The Labute approximate surface area is 120 Å². The fourth-order valence-electron chi connectivity index (χ4n) is 3.20. The lowest BCUT2D eigenvalue weighted by atomic mass is 9.93. The molecule has 2 aliphatic heterocycles. The summed E-state index contributed by atoms with van der Waals surface area (Å²) in [6.45, 7) is 6.14. The van der Waals surface area contributed by atoms with E-state index in [0.717, 1.165) is 49.5 Å². The molecule has 106 valence electrons. The first kappa shape index (κ1) is 14.6. The first-order valence-corrected chi connectivity index (χ1v) is 6.83. The monoisotopic (exact) mass is 283 g/mol. The normalized spacial score (nSPS) is 26.8. The number of rotatable bonds is 2. The number of hydrogen-bond acceptors (Lipinski definition) is 4. The summed E-state index contributed by atoms with van der Waals surface area (Å²) >= 11 is 0. The highest BCUT2D eigenvalue weighted by Crippen LogP contribution is 2.26. The molecule has 4 nitrogen and oxygen atoms in total. The lowest BCUT2D eigenvalue weighted by Crippen LogP contribution is -2.44. The van der Waals surface area contributed by atoms with Crippen LogP contribution < -0.4 is 5.32 Å². The Morgan fingerprint density at radius 2 is 2.26 bits per heavy atom. The van der Waals surface area contributed by atoms with Crippen molar-refractivity contribution in [2.45, 2.75) is 32.4 Å². The van der Waals surface area contributed by atoms with Crippen molar-refractivity contribution in [3.05, 3.63) is 23.5 Å². The Hall–Kier alpha value is -0.840. The SMILES string of the molecule is Cc1ccc(O)c(CN2CCC3NCCC3C2)n1.Cl. The predicted molar refractivity (Wildman–Crippen MR) is 77.7 cm³/mol. The van der Waals surface area contributed by atoms with E-state index in [2.05, 4.69) is 15.2 Å². The smallest absolute Gasteiger partial charge is 0.138 e. The molecule has 19 heavy (non-hydrogen) atoms. The van der Waals surface area contributed by atoms with Crippen LogP contribution in [-0.4, -0.2) is 40.7 Å². The van der Waals surface area contributed by atoms with Crippen LogP contribution in [0.25, 0.3) is 0 Å². The number of halogens is 1. The molecule has 2 atom stereocenters. The van der Waals surface area contributed by atoms with Gasteiger partial charge in [-0.3, -0.25) is 9.88 Å². The van der Waals surface area contributed by atoms with E-state index in [1.807, 2.05) is 13.0 Å². The van der Waals surface area contributed by atoms with Gasteiger partial charge in [-0.05, 0) is 44.4 Å². The van der Waals surface area contributed by atoms with Crippen LogP contribution in [0.15, 0.2) is 12.1 Å². The second-order valence-corrected chi connectivity index (χ2v) is 5.55. The minimum absolute atomic E-state index is 0. The molecule has 0 aliphatic carbocycles. The van der Waals surface area contributed by atoms with Crippen molar-refractivity contribution in [2.75, 3.05) is 19.6 Å². The van der Waals surface area contributed by atoms with Crippen LogP contribution in [0.4, 0.5) is 0 Å². The van der Waals surface area contributed by atoms with Crippen LogP contribution >= 0.6 is 12.4 Å². The van der Waals surface area contributed by atoms with Crippen molar-refractivity contribution in [3.8, 4) is 5.75 Å². The van der Waals surface area contributed by atoms with Gasteiger partial charge >= 0.3 is 0 Å². The first-order chi connectivity index (χ1) is 8.72. The Morgan fingerprint density at radius 1 is 1.42 bits per heavy atom. The molecule has 0 spiro atoms. The highest BCUT2D eigenvalue weighted by molar-refractivity contribution is 5.85. The fourth-order valence-corrected chi connectivity index (χ4v) is 3.20. The molecule has 2 aliphatic rings. The third-order valence-corrected chi connectivity index (χ3v) is 4.20. The molecule has 0 radical (unpaired) electrons. The average Bonchev–Trinajstić information content (AvgIpc) is 2.81. The molecular formula is C14H22ClN3O. The van der Waals surface area contributed by atoms with E-state index < -0.39 is 0 Å². The van der Waals surface area contributed by atoms with Gasteiger partial charge in [-0.15, -0.1) is 12.4 Å². The number of hydrogen-bond donors (Lipinski definition) is 2. The maximum atomic E-state index is 9.85. The van der Waals surface area contributed by atoms with Crippen LogP contribution in [-0.2, 0) is 6.54 Å². The van der Waals surface area contributed by atoms with Gasteiger partial charge in [-0.25, -0.2) is 0 Å². The Balaban J connectivity index is 0.00000133. The van der Waals surface area contributed by atoms with Gasteiger partial charge in [0, 0.05) is 31.4 Å². The van der Waals surface area contributed by atoms with E-state index >= 15 is 0 Å². The zero-order chi connectivity index (χ0) is 12.5. The minimum atomic E-state index is 0. The third-order valence-electron chi connectivity index (χ3n) is 4.20. The molecule has 2 N–H and O–H groups in total. The number of aromatic nitrogens is 1. The van der Waals surface area contributed by atoms with E-state index in [1.165, 1.54) is 12.8 Å². The quantitative estimate of drug-likeness (QED) is 0.867.